The van der Waals surface area contributed by atoms with E-state index in [1.807, 2.05) is 6.07 Å². The van der Waals surface area contributed by atoms with Crippen LogP contribution in [0.4, 0.5) is 10.8 Å². The molecule has 1 aliphatic rings. The van der Waals surface area contributed by atoms with Crippen LogP contribution < -0.4 is 5.32 Å². The number of hydrogen-bond acceptors (Lipinski definition) is 6. The Labute approximate surface area is 147 Å². The lowest BCUT2D eigenvalue weighted by Crippen LogP contribution is -2.16. The van der Waals surface area contributed by atoms with E-state index in [2.05, 4.69) is 32.9 Å². The highest BCUT2D eigenvalue weighted by molar-refractivity contribution is 7.09. The van der Waals surface area contributed by atoms with Crippen molar-refractivity contribution in [3.05, 3.63) is 35.7 Å². The normalized spacial score (nSPS) is 15.5. The fourth-order valence-corrected chi connectivity index (χ4v) is 3.54. The summed E-state index contributed by atoms with van der Waals surface area (Å²) >= 11 is 1.38. The highest BCUT2D eigenvalue weighted by Gasteiger charge is 2.13. The van der Waals surface area contributed by atoms with E-state index in [0.29, 0.717) is 19.3 Å². The minimum atomic E-state index is 0.432. The van der Waals surface area contributed by atoms with Crippen molar-refractivity contribution >= 4 is 22.4 Å². The van der Waals surface area contributed by atoms with E-state index < -0.39 is 0 Å². The van der Waals surface area contributed by atoms with Gasteiger partial charge < -0.3 is 14.8 Å². The molecular weight excluding hydrogens is 322 g/mol. The van der Waals surface area contributed by atoms with Gasteiger partial charge in [-0.25, -0.2) is 4.98 Å². The Morgan fingerprint density at radius 2 is 2.12 bits per heavy atom. The number of benzene rings is 1. The summed E-state index contributed by atoms with van der Waals surface area (Å²) in [6.45, 7) is 1.32. The van der Waals surface area contributed by atoms with Gasteiger partial charge in [0.05, 0.1) is 19.3 Å². The van der Waals surface area contributed by atoms with Gasteiger partial charge in [-0.3, -0.25) is 0 Å². The third-order valence-electron chi connectivity index (χ3n) is 4.21. The van der Waals surface area contributed by atoms with Crippen molar-refractivity contribution in [2.45, 2.75) is 51.2 Å². The third-order valence-corrected chi connectivity index (χ3v) is 4.88. The maximum absolute atomic E-state index is 6.06. The molecule has 5 nitrogen and oxygen atoms in total. The van der Waals surface area contributed by atoms with Crippen LogP contribution in [0.1, 0.15) is 43.5 Å². The molecule has 1 fully saturated rings. The number of hydrogen-bond donors (Lipinski definition) is 1. The highest BCUT2D eigenvalue weighted by Crippen LogP contribution is 2.23. The Balaban J connectivity index is 1.53. The second-order valence-electron chi connectivity index (χ2n) is 6.15. The van der Waals surface area contributed by atoms with Crippen LogP contribution in [0.5, 0.6) is 0 Å². The molecular formula is C18H25N3O2S. The summed E-state index contributed by atoms with van der Waals surface area (Å²) in [6, 6.07) is 8.33. The standard InChI is InChI=1S/C18H25N3O2S/c1-22-11-10-17-20-18(24-21-17)19-15-7-5-6-14(12-15)13-23-16-8-3-2-4-9-16/h5-7,12,16H,2-4,8-11,13H2,1H3,(H,19,20,21). The van der Waals surface area contributed by atoms with Gasteiger partial charge in [0.25, 0.3) is 0 Å². The van der Waals surface area contributed by atoms with Gasteiger partial charge in [-0.1, -0.05) is 31.4 Å². The summed E-state index contributed by atoms with van der Waals surface area (Å²) in [7, 11) is 1.69. The van der Waals surface area contributed by atoms with Crippen LogP contribution in [0.3, 0.4) is 0 Å². The highest BCUT2D eigenvalue weighted by atomic mass is 32.1. The van der Waals surface area contributed by atoms with E-state index in [9.17, 15) is 0 Å². The van der Waals surface area contributed by atoms with Crippen molar-refractivity contribution in [1.29, 1.82) is 0 Å². The minimum absolute atomic E-state index is 0.432. The van der Waals surface area contributed by atoms with Gasteiger partial charge in [-0.2, -0.15) is 4.37 Å². The van der Waals surface area contributed by atoms with E-state index in [4.69, 9.17) is 9.47 Å². The Kier molecular flexibility index (Phi) is 6.57. The zero-order chi connectivity index (χ0) is 16.6. The van der Waals surface area contributed by atoms with Gasteiger partial charge in [0, 0.05) is 30.8 Å². The predicted octanol–water partition coefficient (Wildman–Crippen LogP) is 4.32. The maximum atomic E-state index is 6.06. The molecule has 0 radical (unpaired) electrons. The molecule has 0 saturated heterocycles. The quantitative estimate of drug-likeness (QED) is 0.771. The Bertz CT molecular complexity index is 626. The summed E-state index contributed by atoms with van der Waals surface area (Å²) in [5.41, 5.74) is 2.21. The molecule has 0 spiro atoms. The number of nitrogens with zero attached hydrogens (tertiary/aromatic N) is 2. The molecule has 24 heavy (non-hydrogen) atoms. The van der Waals surface area contributed by atoms with Crippen molar-refractivity contribution in [2.24, 2.45) is 0 Å². The summed E-state index contributed by atoms with van der Waals surface area (Å²) in [4.78, 5) is 4.48. The maximum Gasteiger partial charge on any atom is 0.207 e. The van der Waals surface area contributed by atoms with Crippen LogP contribution in [-0.2, 0) is 22.5 Å². The Morgan fingerprint density at radius 3 is 2.96 bits per heavy atom. The molecule has 1 aromatic carbocycles. The van der Waals surface area contributed by atoms with Crippen molar-refractivity contribution < 1.29 is 9.47 Å². The van der Waals surface area contributed by atoms with Crippen LogP contribution in [-0.4, -0.2) is 29.2 Å². The average Bonchev–Trinajstić information content (AvgIpc) is 3.07. The molecule has 1 N–H and O–H groups in total. The molecule has 0 unspecified atom stereocenters. The fourth-order valence-electron chi connectivity index (χ4n) is 2.91. The summed E-state index contributed by atoms with van der Waals surface area (Å²) in [5, 5.41) is 4.14. The molecule has 1 heterocycles. The van der Waals surface area contributed by atoms with Gasteiger partial charge >= 0.3 is 0 Å². The number of rotatable bonds is 8. The van der Waals surface area contributed by atoms with Crippen LogP contribution in [0.25, 0.3) is 0 Å². The first kappa shape index (κ1) is 17.3. The number of aromatic nitrogens is 2. The smallest absolute Gasteiger partial charge is 0.207 e. The molecule has 0 bridgehead atoms. The topological polar surface area (TPSA) is 56.3 Å². The van der Waals surface area contributed by atoms with Crippen LogP contribution >= 0.6 is 11.5 Å². The first-order chi connectivity index (χ1) is 11.8. The van der Waals surface area contributed by atoms with Gasteiger partial charge in [0.15, 0.2) is 0 Å². The van der Waals surface area contributed by atoms with E-state index >= 15 is 0 Å². The zero-order valence-electron chi connectivity index (χ0n) is 14.2. The molecule has 1 aromatic heterocycles. The number of anilines is 2. The average molecular weight is 347 g/mol. The fraction of sp³-hybridized carbons (Fsp3) is 0.556. The van der Waals surface area contributed by atoms with Crippen LogP contribution in [0.15, 0.2) is 24.3 Å². The van der Waals surface area contributed by atoms with Gasteiger partial charge in [-0.05, 0) is 30.5 Å². The molecule has 1 aliphatic carbocycles. The first-order valence-corrected chi connectivity index (χ1v) is 9.40. The van der Waals surface area contributed by atoms with E-state index in [-0.39, 0.29) is 0 Å². The largest absolute Gasteiger partial charge is 0.384 e. The number of nitrogens with one attached hydrogen (secondary N) is 1. The lowest BCUT2D eigenvalue weighted by atomic mass is 9.98. The SMILES string of the molecule is COCCc1nsc(Nc2cccc(COC3CCCCC3)c2)n1. The molecule has 0 amide bonds. The minimum Gasteiger partial charge on any atom is -0.384 e. The van der Waals surface area contributed by atoms with E-state index in [0.717, 1.165) is 23.1 Å². The zero-order valence-corrected chi connectivity index (χ0v) is 15.0. The molecule has 0 atom stereocenters. The monoisotopic (exact) mass is 347 g/mol. The molecule has 0 aliphatic heterocycles. The third kappa shape index (κ3) is 5.26. The van der Waals surface area contributed by atoms with Gasteiger partial charge in [0.2, 0.25) is 5.13 Å². The second-order valence-corrected chi connectivity index (χ2v) is 6.91. The van der Waals surface area contributed by atoms with Crippen molar-refractivity contribution in [3.8, 4) is 0 Å². The molecule has 130 valence electrons. The molecule has 6 heteroatoms. The number of methoxy groups -OCH3 is 1. The second kappa shape index (κ2) is 9.11. The molecule has 1 saturated carbocycles. The summed E-state index contributed by atoms with van der Waals surface area (Å²) in [5.74, 6) is 0.820. The van der Waals surface area contributed by atoms with Gasteiger partial charge in [0.1, 0.15) is 5.82 Å². The summed E-state index contributed by atoms with van der Waals surface area (Å²) < 4.78 is 15.4. The van der Waals surface area contributed by atoms with Gasteiger partial charge in [-0.15, -0.1) is 0 Å². The Morgan fingerprint density at radius 1 is 1.25 bits per heavy atom. The van der Waals surface area contributed by atoms with E-state index in [1.165, 1.54) is 49.2 Å². The predicted molar refractivity (Wildman–Crippen MR) is 96.9 cm³/mol. The Hall–Kier alpha value is -1.50. The first-order valence-electron chi connectivity index (χ1n) is 8.62. The number of ether oxygens (including phenoxy) is 2. The summed E-state index contributed by atoms with van der Waals surface area (Å²) in [6.07, 6.45) is 7.53. The lowest BCUT2D eigenvalue weighted by molar-refractivity contribution is 0.0169. The lowest BCUT2D eigenvalue weighted by Gasteiger charge is -2.22. The van der Waals surface area contributed by atoms with Crippen molar-refractivity contribution in [2.75, 3.05) is 19.0 Å². The van der Waals surface area contributed by atoms with Crippen LogP contribution in [0.2, 0.25) is 0 Å². The van der Waals surface area contributed by atoms with Crippen molar-refractivity contribution in [3.63, 3.8) is 0 Å². The van der Waals surface area contributed by atoms with Crippen LogP contribution in [0, 0.1) is 0 Å². The van der Waals surface area contributed by atoms with E-state index in [1.54, 1.807) is 7.11 Å². The van der Waals surface area contributed by atoms with Crippen molar-refractivity contribution in [1.82, 2.24) is 9.36 Å². The molecule has 2 aromatic rings. The molecule has 3 rings (SSSR count).